The Kier molecular flexibility index (Phi) is 6.96. The van der Waals surface area contributed by atoms with E-state index >= 15 is 0 Å². The molecule has 0 bridgehead atoms. The molecule has 0 saturated carbocycles. The average Bonchev–Trinajstić information content (AvgIpc) is 2.44. The van der Waals surface area contributed by atoms with Gasteiger partial charge in [-0.25, -0.2) is 12.8 Å². The Morgan fingerprint density at radius 1 is 1.45 bits per heavy atom. The monoisotopic (exact) mass is 394 g/mol. The molecule has 5 nitrogen and oxygen atoms in total. The minimum atomic E-state index is -3.77. The highest BCUT2D eigenvalue weighted by atomic mass is 79.9. The molecule has 0 aliphatic carbocycles. The molecule has 1 amide bonds. The lowest BCUT2D eigenvalue weighted by molar-refractivity contribution is 0.0931. The number of unbranched alkanes of at least 4 members (excludes halogenated alkanes) is 1. The predicted molar refractivity (Wildman–Crippen MR) is 87.0 cm³/mol. The van der Waals surface area contributed by atoms with Gasteiger partial charge in [0.2, 0.25) is 0 Å². The molecule has 22 heavy (non-hydrogen) atoms. The number of amides is 1. The second-order valence-electron chi connectivity index (χ2n) is 5.09. The van der Waals surface area contributed by atoms with Crippen LogP contribution in [0.5, 0.6) is 0 Å². The maximum atomic E-state index is 14.3. The molecule has 3 N–H and O–H groups in total. The number of rotatable bonds is 7. The number of nitrogens with one attached hydrogen (secondary N) is 1. The van der Waals surface area contributed by atoms with Crippen LogP contribution in [0.3, 0.4) is 0 Å². The molecular weight excluding hydrogens is 375 g/mol. The highest BCUT2D eigenvalue weighted by molar-refractivity contribution is 9.10. The Labute approximate surface area is 138 Å². The normalized spacial score (nSPS) is 13.0. The molecule has 0 aliphatic heterocycles. The van der Waals surface area contributed by atoms with E-state index in [2.05, 4.69) is 21.2 Å². The molecule has 0 fully saturated rings. The molecule has 1 atom stereocenters. The fraction of sp³-hybridized carbons (Fsp3) is 0.500. The summed E-state index contributed by atoms with van der Waals surface area (Å²) in [6, 6.07) is 2.12. The zero-order valence-corrected chi connectivity index (χ0v) is 14.9. The first-order chi connectivity index (χ1) is 10.2. The van der Waals surface area contributed by atoms with E-state index in [4.69, 9.17) is 5.73 Å². The van der Waals surface area contributed by atoms with Crippen LogP contribution in [0, 0.1) is 5.82 Å². The lowest BCUT2D eigenvalue weighted by Gasteiger charge is -2.17. The van der Waals surface area contributed by atoms with Crippen LogP contribution >= 0.6 is 15.9 Å². The SMILES string of the molecule is CCCCC(CN)NC(=O)c1cc(Br)cc(S(C)(=O)=O)c1F. The highest BCUT2D eigenvalue weighted by Crippen LogP contribution is 2.24. The Hall–Kier alpha value is -0.990. The van der Waals surface area contributed by atoms with Crippen LogP contribution in [-0.2, 0) is 9.84 Å². The third-order valence-corrected chi connectivity index (χ3v) is 4.73. The highest BCUT2D eigenvalue weighted by Gasteiger charge is 2.23. The number of hydrogen-bond donors (Lipinski definition) is 2. The van der Waals surface area contributed by atoms with Gasteiger partial charge in [0.1, 0.15) is 4.90 Å². The van der Waals surface area contributed by atoms with Crippen molar-refractivity contribution in [2.75, 3.05) is 12.8 Å². The number of benzene rings is 1. The van der Waals surface area contributed by atoms with Crippen LogP contribution in [0.15, 0.2) is 21.5 Å². The quantitative estimate of drug-likeness (QED) is 0.741. The molecule has 1 unspecified atom stereocenters. The van der Waals surface area contributed by atoms with Gasteiger partial charge in [0.05, 0.1) is 5.56 Å². The number of nitrogens with two attached hydrogens (primary N) is 1. The van der Waals surface area contributed by atoms with Crippen molar-refractivity contribution in [1.82, 2.24) is 5.32 Å². The number of hydrogen-bond acceptors (Lipinski definition) is 4. The van der Waals surface area contributed by atoms with Crippen molar-refractivity contribution in [2.24, 2.45) is 5.73 Å². The van der Waals surface area contributed by atoms with Crippen molar-refractivity contribution < 1.29 is 17.6 Å². The van der Waals surface area contributed by atoms with Gasteiger partial charge in [0.15, 0.2) is 15.7 Å². The van der Waals surface area contributed by atoms with Gasteiger partial charge in [-0.2, -0.15) is 0 Å². The molecule has 0 aliphatic rings. The summed E-state index contributed by atoms with van der Waals surface area (Å²) in [5, 5.41) is 2.64. The molecule has 0 spiro atoms. The molecule has 1 aromatic carbocycles. The number of sulfone groups is 1. The molecule has 1 rings (SSSR count). The van der Waals surface area contributed by atoms with Crippen molar-refractivity contribution in [3.63, 3.8) is 0 Å². The van der Waals surface area contributed by atoms with Crippen LogP contribution in [0.1, 0.15) is 36.5 Å². The largest absolute Gasteiger partial charge is 0.348 e. The van der Waals surface area contributed by atoms with Crippen LogP contribution in [0.2, 0.25) is 0 Å². The van der Waals surface area contributed by atoms with Crippen molar-refractivity contribution in [1.29, 1.82) is 0 Å². The van der Waals surface area contributed by atoms with Crippen molar-refractivity contribution in [2.45, 2.75) is 37.1 Å². The van der Waals surface area contributed by atoms with Gasteiger partial charge >= 0.3 is 0 Å². The fourth-order valence-corrected chi connectivity index (χ4v) is 3.35. The second kappa shape index (κ2) is 8.03. The van der Waals surface area contributed by atoms with E-state index in [1.807, 2.05) is 6.92 Å². The van der Waals surface area contributed by atoms with Gasteiger partial charge in [0.25, 0.3) is 5.91 Å². The molecular formula is C14H20BrFN2O3S. The first kappa shape index (κ1) is 19.1. The molecule has 0 heterocycles. The Morgan fingerprint density at radius 2 is 2.09 bits per heavy atom. The minimum Gasteiger partial charge on any atom is -0.348 e. The maximum Gasteiger partial charge on any atom is 0.254 e. The Bertz CT molecular complexity index is 650. The van der Waals surface area contributed by atoms with E-state index in [9.17, 15) is 17.6 Å². The summed E-state index contributed by atoms with van der Waals surface area (Å²) in [4.78, 5) is 11.7. The summed E-state index contributed by atoms with van der Waals surface area (Å²) in [6.45, 7) is 2.25. The lowest BCUT2D eigenvalue weighted by Crippen LogP contribution is -2.40. The standard InChI is InChI=1S/C14H20BrFN2O3S/c1-3-4-5-10(8-17)18-14(19)11-6-9(15)7-12(13(11)16)22(2,20)21/h6-7,10H,3-5,8,17H2,1-2H3,(H,18,19). The van der Waals surface area contributed by atoms with Gasteiger partial charge in [-0.15, -0.1) is 0 Å². The summed E-state index contributed by atoms with van der Waals surface area (Å²) in [5.74, 6) is -1.72. The second-order valence-corrected chi connectivity index (χ2v) is 7.99. The Morgan fingerprint density at radius 3 is 2.59 bits per heavy atom. The summed E-state index contributed by atoms with van der Waals surface area (Å²) >= 11 is 3.10. The van der Waals surface area contributed by atoms with E-state index < -0.39 is 26.5 Å². The van der Waals surface area contributed by atoms with Crippen molar-refractivity contribution >= 4 is 31.7 Å². The van der Waals surface area contributed by atoms with Gasteiger partial charge in [0, 0.05) is 23.3 Å². The molecule has 0 saturated heterocycles. The predicted octanol–water partition coefficient (Wildman–Crippen LogP) is 2.24. The number of halogens is 2. The maximum absolute atomic E-state index is 14.3. The number of carbonyl (C=O) groups is 1. The number of carbonyl (C=O) groups excluding carboxylic acids is 1. The van der Waals surface area contributed by atoms with Crippen LogP contribution in [0.25, 0.3) is 0 Å². The zero-order valence-electron chi connectivity index (χ0n) is 12.5. The lowest BCUT2D eigenvalue weighted by atomic mass is 10.1. The van der Waals surface area contributed by atoms with E-state index in [0.29, 0.717) is 10.9 Å². The zero-order chi connectivity index (χ0) is 16.9. The summed E-state index contributed by atoms with van der Waals surface area (Å²) in [7, 11) is -3.77. The first-order valence-electron chi connectivity index (χ1n) is 6.90. The Balaban J connectivity index is 3.11. The molecule has 124 valence electrons. The molecule has 1 aromatic rings. The van der Waals surface area contributed by atoms with Gasteiger partial charge in [-0.05, 0) is 18.6 Å². The van der Waals surface area contributed by atoms with Crippen LogP contribution < -0.4 is 11.1 Å². The van der Waals surface area contributed by atoms with E-state index in [-0.39, 0.29) is 18.2 Å². The van der Waals surface area contributed by atoms with Gasteiger partial charge < -0.3 is 11.1 Å². The summed E-state index contributed by atoms with van der Waals surface area (Å²) in [6.07, 6.45) is 3.42. The van der Waals surface area contributed by atoms with Crippen molar-refractivity contribution in [3.8, 4) is 0 Å². The van der Waals surface area contributed by atoms with Crippen LogP contribution in [0.4, 0.5) is 4.39 Å². The topological polar surface area (TPSA) is 89.3 Å². The summed E-state index contributed by atoms with van der Waals surface area (Å²) < 4.78 is 37.8. The molecule has 0 aromatic heterocycles. The van der Waals surface area contributed by atoms with E-state index in [0.717, 1.165) is 25.2 Å². The minimum absolute atomic E-state index is 0.236. The first-order valence-corrected chi connectivity index (χ1v) is 9.59. The van der Waals surface area contributed by atoms with E-state index in [1.54, 1.807) is 0 Å². The molecule has 8 heteroatoms. The third kappa shape index (κ3) is 5.03. The van der Waals surface area contributed by atoms with Gasteiger partial charge in [-0.1, -0.05) is 35.7 Å². The van der Waals surface area contributed by atoms with E-state index in [1.165, 1.54) is 6.07 Å². The average molecular weight is 395 g/mol. The third-order valence-electron chi connectivity index (χ3n) is 3.17. The fourth-order valence-electron chi connectivity index (χ4n) is 1.96. The smallest absolute Gasteiger partial charge is 0.254 e. The van der Waals surface area contributed by atoms with Crippen LogP contribution in [-0.4, -0.2) is 33.2 Å². The van der Waals surface area contributed by atoms with Gasteiger partial charge in [-0.3, -0.25) is 4.79 Å². The van der Waals surface area contributed by atoms with Crippen molar-refractivity contribution in [3.05, 3.63) is 28.0 Å². The molecule has 0 radical (unpaired) electrons. The summed E-state index contributed by atoms with van der Waals surface area (Å²) in [5.41, 5.74) is 5.28.